The van der Waals surface area contributed by atoms with Crippen LogP contribution in [0.15, 0.2) is 36.8 Å². The highest BCUT2D eigenvalue weighted by Crippen LogP contribution is 2.30. The summed E-state index contributed by atoms with van der Waals surface area (Å²) in [5, 5.41) is 11.3. The van der Waals surface area contributed by atoms with E-state index in [1.54, 1.807) is 16.0 Å². The molecule has 0 saturated carbocycles. The summed E-state index contributed by atoms with van der Waals surface area (Å²) in [6, 6.07) is 6.53. The molecule has 3 aromatic rings. The number of aryl methyl sites for hydroxylation is 3. The first-order valence-corrected chi connectivity index (χ1v) is 10.3. The summed E-state index contributed by atoms with van der Waals surface area (Å²) in [7, 11) is 1.90. The van der Waals surface area contributed by atoms with Gasteiger partial charge in [-0.25, -0.2) is 4.98 Å². The Labute approximate surface area is 181 Å². The van der Waals surface area contributed by atoms with Crippen LogP contribution in [0.5, 0.6) is 0 Å². The van der Waals surface area contributed by atoms with E-state index >= 15 is 0 Å². The molecule has 1 aliphatic rings. The SMILES string of the molecule is Cc1ccc(Cc2cnc(NC(=O)[C@H]3CNC[C@@H]3c3cnn(C)c3)s2)cc1C.Cl. The van der Waals surface area contributed by atoms with Crippen LogP contribution in [0.3, 0.4) is 0 Å². The Balaban J connectivity index is 0.00000240. The van der Waals surface area contributed by atoms with Crippen molar-refractivity contribution in [3.63, 3.8) is 0 Å². The van der Waals surface area contributed by atoms with Gasteiger partial charge in [0.2, 0.25) is 5.91 Å². The number of hydrogen-bond acceptors (Lipinski definition) is 5. The van der Waals surface area contributed by atoms with Crippen LogP contribution in [-0.2, 0) is 18.3 Å². The molecule has 1 aromatic carbocycles. The Morgan fingerprint density at radius 3 is 2.83 bits per heavy atom. The van der Waals surface area contributed by atoms with Gasteiger partial charge < -0.3 is 10.6 Å². The van der Waals surface area contributed by atoms with Crippen molar-refractivity contribution < 1.29 is 4.79 Å². The second kappa shape index (κ2) is 9.07. The maximum Gasteiger partial charge on any atom is 0.231 e. The van der Waals surface area contributed by atoms with Crippen LogP contribution in [0.4, 0.5) is 5.13 Å². The number of hydrogen-bond donors (Lipinski definition) is 2. The second-order valence-corrected chi connectivity index (χ2v) is 8.65. The van der Waals surface area contributed by atoms with Gasteiger partial charge in [0.15, 0.2) is 5.13 Å². The first kappa shape index (κ1) is 21.5. The van der Waals surface area contributed by atoms with Crippen LogP contribution in [0.1, 0.15) is 33.0 Å². The number of nitrogens with zero attached hydrogens (tertiary/aromatic N) is 3. The summed E-state index contributed by atoms with van der Waals surface area (Å²) >= 11 is 1.55. The van der Waals surface area contributed by atoms with Crippen LogP contribution in [-0.4, -0.2) is 33.8 Å². The van der Waals surface area contributed by atoms with E-state index in [2.05, 4.69) is 52.8 Å². The van der Waals surface area contributed by atoms with Crippen molar-refractivity contribution in [2.45, 2.75) is 26.2 Å². The van der Waals surface area contributed by atoms with Gasteiger partial charge in [-0.15, -0.1) is 23.7 Å². The molecule has 2 atom stereocenters. The normalized spacial score (nSPS) is 18.4. The molecule has 2 aromatic heterocycles. The van der Waals surface area contributed by atoms with E-state index < -0.39 is 0 Å². The average Bonchev–Trinajstić information content (AvgIpc) is 3.39. The lowest BCUT2D eigenvalue weighted by Crippen LogP contribution is -2.27. The van der Waals surface area contributed by atoms with E-state index in [0.717, 1.165) is 23.4 Å². The fourth-order valence-corrected chi connectivity index (χ4v) is 4.55. The van der Waals surface area contributed by atoms with E-state index in [9.17, 15) is 4.79 Å². The smallest absolute Gasteiger partial charge is 0.231 e. The lowest BCUT2D eigenvalue weighted by atomic mass is 9.90. The predicted molar refractivity (Wildman–Crippen MR) is 119 cm³/mol. The van der Waals surface area contributed by atoms with Crippen molar-refractivity contribution in [1.82, 2.24) is 20.1 Å². The number of thiazole rings is 1. The minimum Gasteiger partial charge on any atom is -0.315 e. The number of carbonyl (C=O) groups excluding carboxylic acids is 1. The minimum absolute atomic E-state index is 0. The third kappa shape index (κ3) is 4.86. The first-order chi connectivity index (χ1) is 13.5. The van der Waals surface area contributed by atoms with E-state index in [-0.39, 0.29) is 30.2 Å². The lowest BCUT2D eigenvalue weighted by Gasteiger charge is -2.15. The number of aromatic nitrogens is 3. The van der Waals surface area contributed by atoms with Gasteiger partial charge in [-0.05, 0) is 36.1 Å². The van der Waals surface area contributed by atoms with Crippen LogP contribution in [0.25, 0.3) is 0 Å². The molecule has 6 nitrogen and oxygen atoms in total. The molecule has 0 radical (unpaired) electrons. The molecule has 3 heterocycles. The first-order valence-electron chi connectivity index (χ1n) is 9.50. The quantitative estimate of drug-likeness (QED) is 0.649. The summed E-state index contributed by atoms with van der Waals surface area (Å²) in [4.78, 5) is 18.4. The van der Waals surface area contributed by atoms with Gasteiger partial charge in [-0.2, -0.15) is 5.10 Å². The van der Waals surface area contributed by atoms with Gasteiger partial charge in [-0.1, -0.05) is 18.2 Å². The highest BCUT2D eigenvalue weighted by molar-refractivity contribution is 7.15. The molecule has 4 rings (SSSR count). The Bertz CT molecular complexity index is 999. The summed E-state index contributed by atoms with van der Waals surface area (Å²) in [5.41, 5.74) is 4.96. The number of amides is 1. The Hall–Kier alpha value is -2.22. The molecule has 0 unspecified atom stereocenters. The lowest BCUT2D eigenvalue weighted by molar-refractivity contribution is -0.119. The molecule has 1 saturated heterocycles. The maximum absolute atomic E-state index is 12.8. The fourth-order valence-electron chi connectivity index (χ4n) is 3.70. The van der Waals surface area contributed by atoms with Crippen molar-refractivity contribution in [3.8, 4) is 0 Å². The van der Waals surface area contributed by atoms with E-state index in [1.807, 2.05) is 25.6 Å². The molecular formula is C21H26ClN5OS. The molecule has 2 N–H and O–H groups in total. The molecule has 0 aliphatic carbocycles. The Morgan fingerprint density at radius 1 is 1.28 bits per heavy atom. The van der Waals surface area contributed by atoms with E-state index in [4.69, 9.17) is 0 Å². The highest BCUT2D eigenvalue weighted by Gasteiger charge is 2.35. The molecule has 8 heteroatoms. The summed E-state index contributed by atoms with van der Waals surface area (Å²) in [6.45, 7) is 5.72. The predicted octanol–water partition coefficient (Wildman–Crippen LogP) is 3.45. The number of anilines is 1. The molecule has 29 heavy (non-hydrogen) atoms. The minimum atomic E-state index is -0.115. The molecule has 1 fully saturated rings. The monoisotopic (exact) mass is 431 g/mol. The van der Waals surface area contributed by atoms with Crippen molar-refractivity contribution in [2.75, 3.05) is 18.4 Å². The molecule has 1 aliphatic heterocycles. The number of nitrogens with one attached hydrogen (secondary N) is 2. The zero-order chi connectivity index (χ0) is 19.7. The van der Waals surface area contributed by atoms with Crippen LogP contribution in [0.2, 0.25) is 0 Å². The van der Waals surface area contributed by atoms with Crippen molar-refractivity contribution in [3.05, 3.63) is 63.9 Å². The average molecular weight is 432 g/mol. The number of halogens is 1. The molecule has 0 spiro atoms. The summed E-state index contributed by atoms with van der Waals surface area (Å²) in [6.07, 6.45) is 6.53. The fraction of sp³-hybridized carbons (Fsp3) is 0.381. The van der Waals surface area contributed by atoms with E-state index in [0.29, 0.717) is 11.7 Å². The largest absolute Gasteiger partial charge is 0.315 e. The maximum atomic E-state index is 12.8. The number of carbonyl (C=O) groups is 1. The van der Waals surface area contributed by atoms with Gasteiger partial charge in [0.1, 0.15) is 0 Å². The molecule has 1 amide bonds. The van der Waals surface area contributed by atoms with Crippen molar-refractivity contribution in [1.29, 1.82) is 0 Å². The third-order valence-electron chi connectivity index (χ3n) is 5.44. The number of rotatable bonds is 5. The molecule has 154 valence electrons. The van der Waals surface area contributed by atoms with Crippen LogP contribution >= 0.6 is 23.7 Å². The zero-order valence-corrected chi connectivity index (χ0v) is 18.4. The van der Waals surface area contributed by atoms with Crippen molar-refractivity contribution in [2.24, 2.45) is 13.0 Å². The van der Waals surface area contributed by atoms with Crippen molar-refractivity contribution >= 4 is 34.8 Å². The van der Waals surface area contributed by atoms with Gasteiger partial charge in [-0.3, -0.25) is 9.48 Å². The van der Waals surface area contributed by atoms with E-state index in [1.165, 1.54) is 16.7 Å². The van der Waals surface area contributed by atoms with Crippen LogP contribution in [0, 0.1) is 19.8 Å². The zero-order valence-electron chi connectivity index (χ0n) is 16.8. The molecule has 0 bridgehead atoms. The summed E-state index contributed by atoms with van der Waals surface area (Å²) in [5.74, 6) is 0.0471. The van der Waals surface area contributed by atoms with Gasteiger partial charge in [0, 0.05) is 49.7 Å². The second-order valence-electron chi connectivity index (χ2n) is 7.53. The van der Waals surface area contributed by atoms with Crippen LogP contribution < -0.4 is 10.6 Å². The summed E-state index contributed by atoms with van der Waals surface area (Å²) < 4.78 is 1.78. The standard InChI is InChI=1S/C21H25N5OS.ClH/c1-13-4-5-15(6-14(13)2)7-17-9-23-21(28-17)25-20(27)19-11-22-10-18(19)16-8-24-26(3)12-16;/h4-6,8-9,12,18-19,22H,7,10-11H2,1-3H3,(H,23,25,27);1H/t18-,19+;/m1./s1. The number of benzene rings is 1. The van der Waals surface area contributed by atoms with Gasteiger partial charge in [0.05, 0.1) is 12.1 Å². The molecular weight excluding hydrogens is 406 g/mol. The third-order valence-corrected chi connectivity index (χ3v) is 6.35. The van der Waals surface area contributed by atoms with Gasteiger partial charge >= 0.3 is 0 Å². The Morgan fingerprint density at radius 2 is 2.10 bits per heavy atom. The highest BCUT2D eigenvalue weighted by atomic mass is 35.5. The Kier molecular flexibility index (Phi) is 6.72. The van der Waals surface area contributed by atoms with Gasteiger partial charge in [0.25, 0.3) is 0 Å². The topological polar surface area (TPSA) is 71.8 Å².